The van der Waals surface area contributed by atoms with Gasteiger partial charge in [-0.15, -0.1) is 0 Å². The van der Waals surface area contributed by atoms with Crippen LogP contribution in [0.15, 0.2) is 47.3 Å². The van der Waals surface area contributed by atoms with Crippen molar-refractivity contribution in [3.05, 3.63) is 68.6 Å². The number of carbonyl (C=O) groups excluding carboxylic acids is 1. The fourth-order valence-electron chi connectivity index (χ4n) is 3.28. The average Bonchev–Trinajstić information content (AvgIpc) is 2.70. The quantitative estimate of drug-likeness (QED) is 0.714. The monoisotopic (exact) mass is 402 g/mol. The zero-order valence-corrected chi connectivity index (χ0v) is 15.8. The predicted molar refractivity (Wildman–Crippen MR) is 107 cm³/mol. The number of piperazine rings is 1. The van der Waals surface area contributed by atoms with Crippen molar-refractivity contribution in [3.8, 4) is 0 Å². The number of fused-ring (bicyclic) bond motifs is 1. The number of aromatic nitrogens is 2. The number of carbonyl (C=O) groups is 1. The molecule has 1 saturated heterocycles. The van der Waals surface area contributed by atoms with Gasteiger partial charge in [0.2, 0.25) is 0 Å². The van der Waals surface area contributed by atoms with Crippen molar-refractivity contribution >= 4 is 45.6 Å². The Morgan fingerprint density at radius 3 is 2.37 bits per heavy atom. The number of hydrogen-bond acceptors (Lipinski definition) is 4. The molecule has 3 aromatic rings. The Labute approximate surface area is 165 Å². The molecule has 1 amide bonds. The third-order valence-electron chi connectivity index (χ3n) is 4.73. The summed E-state index contributed by atoms with van der Waals surface area (Å²) < 4.78 is 0. The van der Waals surface area contributed by atoms with E-state index in [4.69, 9.17) is 23.2 Å². The summed E-state index contributed by atoms with van der Waals surface area (Å²) in [5, 5.41) is 8.48. The van der Waals surface area contributed by atoms with Crippen LogP contribution in [0.2, 0.25) is 10.0 Å². The van der Waals surface area contributed by atoms with Gasteiger partial charge in [-0.3, -0.25) is 9.59 Å². The highest BCUT2D eigenvalue weighted by molar-refractivity contribution is 6.42. The van der Waals surface area contributed by atoms with Gasteiger partial charge in [-0.05, 0) is 24.3 Å². The van der Waals surface area contributed by atoms with E-state index in [1.807, 2.05) is 12.1 Å². The van der Waals surface area contributed by atoms with E-state index < -0.39 is 0 Å². The van der Waals surface area contributed by atoms with E-state index in [0.29, 0.717) is 47.0 Å². The number of H-pyrrole nitrogens is 1. The fourth-order valence-corrected chi connectivity index (χ4v) is 3.57. The molecule has 8 heteroatoms. The van der Waals surface area contributed by atoms with Crippen molar-refractivity contribution in [2.24, 2.45) is 0 Å². The zero-order chi connectivity index (χ0) is 19.0. The van der Waals surface area contributed by atoms with Crippen LogP contribution in [0, 0.1) is 0 Å². The Bertz CT molecular complexity index is 1070. The second-order valence-electron chi connectivity index (χ2n) is 6.32. The summed E-state index contributed by atoms with van der Waals surface area (Å²) in [6.45, 7) is 2.44. The summed E-state index contributed by atoms with van der Waals surface area (Å²) >= 11 is 12.1. The summed E-state index contributed by atoms with van der Waals surface area (Å²) in [6, 6.07) is 12.5. The molecule has 0 bridgehead atoms. The predicted octanol–water partition coefficient (Wildman–Crippen LogP) is 3.19. The molecular weight excluding hydrogens is 387 g/mol. The minimum atomic E-state index is -0.299. The molecule has 1 aliphatic rings. The maximum atomic E-state index is 13.0. The molecular formula is C19H16Cl2N4O2. The number of hydrogen-bond donors (Lipinski definition) is 1. The van der Waals surface area contributed by atoms with Crippen LogP contribution in [0.1, 0.15) is 10.5 Å². The van der Waals surface area contributed by atoms with E-state index in [0.717, 1.165) is 5.69 Å². The minimum absolute atomic E-state index is 0.184. The van der Waals surface area contributed by atoms with Crippen LogP contribution in [0.4, 0.5) is 5.69 Å². The number of nitrogens with zero attached hydrogens (tertiary/aromatic N) is 3. The molecule has 0 unspecified atom stereocenters. The van der Waals surface area contributed by atoms with Crippen LogP contribution in [0.25, 0.3) is 10.8 Å². The van der Waals surface area contributed by atoms with Gasteiger partial charge >= 0.3 is 0 Å². The normalized spacial score (nSPS) is 14.6. The van der Waals surface area contributed by atoms with Gasteiger partial charge in [0.1, 0.15) is 0 Å². The first-order valence-corrected chi connectivity index (χ1v) is 9.27. The molecule has 1 fully saturated rings. The second kappa shape index (κ2) is 7.21. The molecule has 0 saturated carbocycles. The molecule has 0 radical (unpaired) electrons. The van der Waals surface area contributed by atoms with Crippen molar-refractivity contribution < 1.29 is 4.79 Å². The topological polar surface area (TPSA) is 69.3 Å². The lowest BCUT2D eigenvalue weighted by atomic mass is 10.1. The Hall–Kier alpha value is -2.57. The minimum Gasteiger partial charge on any atom is -0.368 e. The summed E-state index contributed by atoms with van der Waals surface area (Å²) in [6.07, 6.45) is 0. The van der Waals surface area contributed by atoms with Crippen molar-refractivity contribution in [3.63, 3.8) is 0 Å². The third kappa shape index (κ3) is 3.38. The van der Waals surface area contributed by atoms with Gasteiger partial charge in [-0.1, -0.05) is 41.4 Å². The van der Waals surface area contributed by atoms with Gasteiger partial charge in [0.05, 0.1) is 15.4 Å². The first-order valence-electron chi connectivity index (χ1n) is 8.51. The zero-order valence-electron chi connectivity index (χ0n) is 14.3. The second-order valence-corrected chi connectivity index (χ2v) is 7.14. The van der Waals surface area contributed by atoms with Gasteiger partial charge in [0.15, 0.2) is 5.69 Å². The van der Waals surface area contributed by atoms with E-state index in [1.165, 1.54) is 0 Å². The van der Waals surface area contributed by atoms with E-state index in [2.05, 4.69) is 15.1 Å². The first-order chi connectivity index (χ1) is 13.0. The van der Waals surface area contributed by atoms with Crippen LogP contribution in [-0.2, 0) is 0 Å². The lowest BCUT2D eigenvalue weighted by Gasteiger charge is -2.36. The lowest BCUT2D eigenvalue weighted by Crippen LogP contribution is -2.49. The molecule has 2 aromatic carbocycles. The van der Waals surface area contributed by atoms with Gasteiger partial charge in [0.25, 0.3) is 11.5 Å². The first kappa shape index (κ1) is 17.8. The molecule has 0 atom stereocenters. The van der Waals surface area contributed by atoms with Gasteiger partial charge in [-0.2, -0.15) is 5.10 Å². The Morgan fingerprint density at radius 2 is 1.67 bits per heavy atom. The number of amides is 1. The van der Waals surface area contributed by atoms with Crippen molar-refractivity contribution in [1.29, 1.82) is 0 Å². The summed E-state index contributed by atoms with van der Waals surface area (Å²) in [7, 11) is 0. The van der Waals surface area contributed by atoms with Gasteiger partial charge < -0.3 is 9.80 Å². The van der Waals surface area contributed by atoms with Gasteiger partial charge in [0, 0.05) is 37.3 Å². The lowest BCUT2D eigenvalue weighted by molar-refractivity contribution is 0.0742. The van der Waals surface area contributed by atoms with E-state index in [-0.39, 0.29) is 17.2 Å². The molecule has 138 valence electrons. The van der Waals surface area contributed by atoms with E-state index >= 15 is 0 Å². The number of rotatable bonds is 2. The van der Waals surface area contributed by atoms with Crippen LogP contribution < -0.4 is 10.5 Å². The Morgan fingerprint density at radius 1 is 0.963 bits per heavy atom. The third-order valence-corrected chi connectivity index (χ3v) is 5.47. The molecule has 1 N–H and O–H groups in total. The fraction of sp³-hybridized carbons (Fsp3) is 0.211. The molecule has 6 nitrogen and oxygen atoms in total. The molecule has 4 rings (SSSR count). The highest BCUT2D eigenvalue weighted by Crippen LogP contribution is 2.28. The molecule has 0 aliphatic carbocycles. The van der Waals surface area contributed by atoms with Crippen molar-refractivity contribution in [1.82, 2.24) is 15.1 Å². The summed E-state index contributed by atoms with van der Waals surface area (Å²) in [5.41, 5.74) is 0.948. The van der Waals surface area contributed by atoms with Crippen LogP contribution in [-0.4, -0.2) is 47.2 Å². The SMILES string of the molecule is O=C(c1n[nH]c(=O)c2ccccc12)N1CCN(c2ccc(Cl)c(Cl)c2)CC1. The smallest absolute Gasteiger partial charge is 0.275 e. The molecule has 27 heavy (non-hydrogen) atoms. The van der Waals surface area contributed by atoms with E-state index in [1.54, 1.807) is 35.2 Å². The standard InChI is InChI=1S/C19H16Cl2N4O2/c20-15-6-5-12(11-16(15)21)24-7-9-25(10-8-24)19(27)17-13-3-1-2-4-14(13)18(26)23-22-17/h1-6,11H,7-10H2,(H,23,26). The maximum Gasteiger partial charge on any atom is 0.275 e. The van der Waals surface area contributed by atoms with Crippen LogP contribution in [0.3, 0.4) is 0 Å². The average molecular weight is 403 g/mol. The van der Waals surface area contributed by atoms with Crippen LogP contribution >= 0.6 is 23.2 Å². The maximum absolute atomic E-state index is 13.0. The number of anilines is 1. The van der Waals surface area contributed by atoms with Crippen molar-refractivity contribution in [2.45, 2.75) is 0 Å². The Kier molecular flexibility index (Phi) is 4.76. The highest BCUT2D eigenvalue weighted by Gasteiger charge is 2.25. The number of halogens is 2. The van der Waals surface area contributed by atoms with Crippen LogP contribution in [0.5, 0.6) is 0 Å². The number of nitrogens with one attached hydrogen (secondary N) is 1. The van der Waals surface area contributed by atoms with Crippen molar-refractivity contribution in [2.75, 3.05) is 31.1 Å². The summed E-state index contributed by atoms with van der Waals surface area (Å²) in [5.74, 6) is -0.184. The molecule has 2 heterocycles. The van der Waals surface area contributed by atoms with E-state index in [9.17, 15) is 9.59 Å². The molecule has 0 spiro atoms. The Balaban J connectivity index is 1.53. The van der Waals surface area contributed by atoms with Gasteiger partial charge in [-0.25, -0.2) is 5.10 Å². The largest absolute Gasteiger partial charge is 0.368 e. The molecule has 1 aliphatic heterocycles. The number of benzene rings is 2. The number of aromatic amines is 1. The molecule has 1 aromatic heterocycles. The highest BCUT2D eigenvalue weighted by atomic mass is 35.5. The summed E-state index contributed by atoms with van der Waals surface area (Å²) in [4.78, 5) is 28.8.